The summed E-state index contributed by atoms with van der Waals surface area (Å²) in [4.78, 5) is 0. The van der Waals surface area contributed by atoms with Crippen LogP contribution in [0.5, 0.6) is 0 Å². The zero-order chi connectivity index (χ0) is 11.3. The van der Waals surface area contributed by atoms with E-state index in [0.29, 0.717) is 0 Å². The van der Waals surface area contributed by atoms with E-state index in [4.69, 9.17) is 5.73 Å². The Hall–Kier alpha value is -0.0400. The van der Waals surface area contributed by atoms with E-state index >= 15 is 0 Å². The molecule has 15 heavy (non-hydrogen) atoms. The van der Waals surface area contributed by atoms with Gasteiger partial charge < -0.3 is 5.73 Å². The summed E-state index contributed by atoms with van der Waals surface area (Å²) < 4.78 is 0. The van der Waals surface area contributed by atoms with Crippen LogP contribution in [0.2, 0.25) is 0 Å². The van der Waals surface area contributed by atoms with Gasteiger partial charge in [0.2, 0.25) is 0 Å². The lowest BCUT2D eigenvalue weighted by atomic mass is 9.71. The van der Waals surface area contributed by atoms with Crippen molar-refractivity contribution in [3.05, 3.63) is 0 Å². The number of hydrogen-bond donors (Lipinski definition) is 1. The SMILES string of the molecule is CCCC(C)CC1(N)CCCC(CC)C1. The molecule has 0 amide bonds. The van der Waals surface area contributed by atoms with Crippen molar-refractivity contribution in [1.29, 1.82) is 0 Å². The minimum absolute atomic E-state index is 0.174. The van der Waals surface area contributed by atoms with Crippen molar-refractivity contribution in [2.24, 2.45) is 17.6 Å². The van der Waals surface area contributed by atoms with E-state index in [2.05, 4.69) is 20.8 Å². The second kappa shape index (κ2) is 5.89. The fourth-order valence-corrected chi connectivity index (χ4v) is 3.34. The monoisotopic (exact) mass is 211 g/mol. The lowest BCUT2D eigenvalue weighted by Gasteiger charge is -2.39. The zero-order valence-electron chi connectivity index (χ0n) is 10.9. The first-order chi connectivity index (χ1) is 7.09. The van der Waals surface area contributed by atoms with Gasteiger partial charge in [-0.05, 0) is 31.1 Å². The molecule has 3 unspecified atom stereocenters. The Labute approximate surface area is 95.8 Å². The summed E-state index contributed by atoms with van der Waals surface area (Å²) >= 11 is 0. The Balaban J connectivity index is 2.42. The molecule has 0 aromatic heterocycles. The van der Waals surface area contributed by atoms with Crippen molar-refractivity contribution in [1.82, 2.24) is 0 Å². The second-order valence-corrected chi connectivity index (χ2v) is 5.83. The van der Waals surface area contributed by atoms with Gasteiger partial charge in [-0.2, -0.15) is 0 Å². The second-order valence-electron chi connectivity index (χ2n) is 5.83. The predicted octanol–water partition coefficient (Wildman–Crippen LogP) is 4.11. The zero-order valence-corrected chi connectivity index (χ0v) is 10.9. The van der Waals surface area contributed by atoms with E-state index in [1.54, 1.807) is 0 Å². The predicted molar refractivity (Wildman–Crippen MR) is 67.9 cm³/mol. The highest BCUT2D eigenvalue weighted by Gasteiger charge is 2.32. The molecule has 0 aliphatic heterocycles. The average molecular weight is 211 g/mol. The van der Waals surface area contributed by atoms with Gasteiger partial charge in [0.25, 0.3) is 0 Å². The lowest BCUT2D eigenvalue weighted by Crippen LogP contribution is -2.45. The molecule has 0 aromatic rings. The Morgan fingerprint density at radius 3 is 2.73 bits per heavy atom. The van der Waals surface area contributed by atoms with Gasteiger partial charge in [-0.3, -0.25) is 0 Å². The standard InChI is InChI=1S/C14H29N/c1-4-7-12(3)10-14(15)9-6-8-13(5-2)11-14/h12-13H,4-11,15H2,1-3H3. The molecule has 1 aliphatic rings. The van der Waals surface area contributed by atoms with Crippen LogP contribution in [0.15, 0.2) is 0 Å². The molecule has 1 saturated carbocycles. The van der Waals surface area contributed by atoms with Crippen LogP contribution in [0.3, 0.4) is 0 Å². The quantitative estimate of drug-likeness (QED) is 0.727. The first kappa shape index (κ1) is 13.0. The minimum Gasteiger partial charge on any atom is -0.325 e. The third-order valence-corrected chi connectivity index (χ3v) is 4.10. The Morgan fingerprint density at radius 2 is 2.13 bits per heavy atom. The molecule has 0 spiro atoms. The molecule has 3 atom stereocenters. The maximum absolute atomic E-state index is 6.56. The Kier molecular flexibility index (Phi) is 5.11. The highest BCUT2D eigenvalue weighted by molar-refractivity contribution is 4.91. The van der Waals surface area contributed by atoms with E-state index < -0.39 is 0 Å². The van der Waals surface area contributed by atoms with Crippen molar-refractivity contribution >= 4 is 0 Å². The van der Waals surface area contributed by atoms with Gasteiger partial charge in [-0.15, -0.1) is 0 Å². The highest BCUT2D eigenvalue weighted by atomic mass is 14.7. The number of nitrogens with two attached hydrogens (primary N) is 1. The first-order valence-electron chi connectivity index (χ1n) is 6.88. The van der Waals surface area contributed by atoms with Crippen LogP contribution in [-0.4, -0.2) is 5.54 Å². The Morgan fingerprint density at radius 1 is 1.40 bits per heavy atom. The van der Waals surface area contributed by atoms with E-state index in [1.807, 2.05) is 0 Å². The van der Waals surface area contributed by atoms with E-state index in [9.17, 15) is 0 Å². The minimum atomic E-state index is 0.174. The molecule has 1 rings (SSSR count). The van der Waals surface area contributed by atoms with Crippen molar-refractivity contribution in [2.45, 2.75) is 77.7 Å². The average Bonchev–Trinajstić information content (AvgIpc) is 2.17. The molecule has 0 heterocycles. The molecular weight excluding hydrogens is 182 g/mol. The largest absolute Gasteiger partial charge is 0.325 e. The van der Waals surface area contributed by atoms with Gasteiger partial charge in [0, 0.05) is 5.54 Å². The number of rotatable bonds is 5. The summed E-state index contributed by atoms with van der Waals surface area (Å²) in [5, 5.41) is 0. The fraction of sp³-hybridized carbons (Fsp3) is 1.00. The van der Waals surface area contributed by atoms with Gasteiger partial charge in [0.1, 0.15) is 0 Å². The van der Waals surface area contributed by atoms with Crippen LogP contribution in [0.25, 0.3) is 0 Å². The normalized spacial score (nSPS) is 34.0. The smallest absolute Gasteiger partial charge is 0.0159 e. The van der Waals surface area contributed by atoms with Crippen LogP contribution >= 0.6 is 0 Å². The number of hydrogen-bond acceptors (Lipinski definition) is 1. The third kappa shape index (κ3) is 4.14. The summed E-state index contributed by atoms with van der Waals surface area (Å²) in [7, 11) is 0. The molecule has 0 radical (unpaired) electrons. The van der Waals surface area contributed by atoms with Crippen molar-refractivity contribution in [2.75, 3.05) is 0 Å². The van der Waals surface area contributed by atoms with Gasteiger partial charge >= 0.3 is 0 Å². The highest BCUT2D eigenvalue weighted by Crippen LogP contribution is 2.36. The topological polar surface area (TPSA) is 26.0 Å². The summed E-state index contributed by atoms with van der Waals surface area (Å²) in [6.07, 6.45) is 10.5. The van der Waals surface area contributed by atoms with Gasteiger partial charge in [-0.1, -0.05) is 52.9 Å². The first-order valence-corrected chi connectivity index (χ1v) is 6.88. The van der Waals surface area contributed by atoms with Crippen LogP contribution < -0.4 is 5.73 Å². The molecule has 90 valence electrons. The fourth-order valence-electron chi connectivity index (χ4n) is 3.34. The van der Waals surface area contributed by atoms with Gasteiger partial charge in [0.15, 0.2) is 0 Å². The molecule has 2 N–H and O–H groups in total. The van der Waals surface area contributed by atoms with Gasteiger partial charge in [0.05, 0.1) is 0 Å². The van der Waals surface area contributed by atoms with Crippen molar-refractivity contribution in [3.63, 3.8) is 0 Å². The molecular formula is C14H29N. The molecule has 1 nitrogen and oxygen atoms in total. The molecule has 0 saturated heterocycles. The summed E-state index contributed by atoms with van der Waals surface area (Å²) in [5.74, 6) is 1.72. The van der Waals surface area contributed by atoms with Crippen molar-refractivity contribution in [3.8, 4) is 0 Å². The van der Waals surface area contributed by atoms with Crippen molar-refractivity contribution < 1.29 is 0 Å². The lowest BCUT2D eigenvalue weighted by molar-refractivity contribution is 0.184. The molecule has 0 aromatic carbocycles. The van der Waals surface area contributed by atoms with Crippen LogP contribution in [0.4, 0.5) is 0 Å². The van der Waals surface area contributed by atoms with Gasteiger partial charge in [-0.25, -0.2) is 0 Å². The molecule has 1 aliphatic carbocycles. The van der Waals surface area contributed by atoms with Crippen LogP contribution in [0, 0.1) is 11.8 Å². The molecule has 0 bridgehead atoms. The summed E-state index contributed by atoms with van der Waals surface area (Å²) in [6.45, 7) is 6.95. The van der Waals surface area contributed by atoms with E-state index in [-0.39, 0.29) is 5.54 Å². The van der Waals surface area contributed by atoms with E-state index in [0.717, 1.165) is 11.8 Å². The maximum atomic E-state index is 6.56. The summed E-state index contributed by atoms with van der Waals surface area (Å²) in [5.41, 5.74) is 6.73. The van der Waals surface area contributed by atoms with Crippen LogP contribution in [-0.2, 0) is 0 Å². The molecule has 1 heteroatoms. The third-order valence-electron chi connectivity index (χ3n) is 4.10. The molecule has 1 fully saturated rings. The maximum Gasteiger partial charge on any atom is 0.0159 e. The van der Waals surface area contributed by atoms with E-state index in [1.165, 1.54) is 51.4 Å². The van der Waals surface area contributed by atoms with Crippen LogP contribution in [0.1, 0.15) is 72.1 Å². The summed E-state index contributed by atoms with van der Waals surface area (Å²) in [6, 6.07) is 0. The Bertz CT molecular complexity index is 178.